The first kappa shape index (κ1) is 12.9. The van der Waals surface area contributed by atoms with Gasteiger partial charge < -0.3 is 15.8 Å². The Morgan fingerprint density at radius 1 is 1.56 bits per heavy atom. The zero-order valence-electron chi connectivity index (χ0n) is 10.7. The highest BCUT2D eigenvalue weighted by atomic mass is 16.5. The second-order valence-corrected chi connectivity index (χ2v) is 5.01. The average molecular weight is 252 g/mol. The van der Waals surface area contributed by atoms with Crippen LogP contribution in [-0.2, 0) is 4.74 Å². The van der Waals surface area contributed by atoms with Crippen LogP contribution in [0.4, 0.5) is 11.8 Å². The minimum Gasteiger partial charge on any atom is -0.384 e. The normalized spacial score (nSPS) is 17.8. The third-order valence-corrected chi connectivity index (χ3v) is 3.52. The molecular weight excluding hydrogens is 232 g/mol. The molecule has 0 aromatic carbocycles. The SMILES string of the molecule is COCC1(CNc2cc(=O)[nH]c(N)n2)CCCC1. The van der Waals surface area contributed by atoms with E-state index in [0.717, 1.165) is 26.0 Å². The van der Waals surface area contributed by atoms with Crippen molar-refractivity contribution < 1.29 is 4.74 Å². The molecule has 1 aliphatic carbocycles. The summed E-state index contributed by atoms with van der Waals surface area (Å²) in [5.74, 6) is 0.663. The molecule has 0 aliphatic heterocycles. The molecule has 4 N–H and O–H groups in total. The number of ether oxygens (including phenoxy) is 1. The van der Waals surface area contributed by atoms with Crippen molar-refractivity contribution >= 4 is 11.8 Å². The predicted molar refractivity (Wildman–Crippen MR) is 70.5 cm³/mol. The van der Waals surface area contributed by atoms with Crippen molar-refractivity contribution in [1.82, 2.24) is 9.97 Å². The highest BCUT2D eigenvalue weighted by Crippen LogP contribution is 2.38. The molecule has 1 aliphatic rings. The molecule has 0 radical (unpaired) electrons. The van der Waals surface area contributed by atoms with E-state index in [9.17, 15) is 4.79 Å². The molecule has 0 unspecified atom stereocenters. The molecule has 1 aromatic heterocycles. The van der Waals surface area contributed by atoms with Gasteiger partial charge in [-0.1, -0.05) is 12.8 Å². The van der Waals surface area contributed by atoms with Crippen LogP contribution >= 0.6 is 0 Å². The van der Waals surface area contributed by atoms with Gasteiger partial charge >= 0.3 is 0 Å². The van der Waals surface area contributed by atoms with E-state index in [1.807, 2.05) is 0 Å². The summed E-state index contributed by atoms with van der Waals surface area (Å²) in [4.78, 5) is 17.7. The van der Waals surface area contributed by atoms with Gasteiger partial charge in [0, 0.05) is 25.1 Å². The minimum atomic E-state index is -0.239. The average Bonchev–Trinajstić information content (AvgIpc) is 2.75. The third-order valence-electron chi connectivity index (χ3n) is 3.52. The lowest BCUT2D eigenvalue weighted by atomic mass is 9.87. The number of nitrogens with two attached hydrogens (primary N) is 1. The van der Waals surface area contributed by atoms with E-state index in [-0.39, 0.29) is 16.9 Å². The van der Waals surface area contributed by atoms with E-state index in [4.69, 9.17) is 10.5 Å². The molecule has 0 saturated heterocycles. The number of H-pyrrole nitrogens is 1. The van der Waals surface area contributed by atoms with E-state index < -0.39 is 0 Å². The van der Waals surface area contributed by atoms with Crippen LogP contribution in [-0.4, -0.2) is 30.2 Å². The minimum absolute atomic E-state index is 0.136. The summed E-state index contributed by atoms with van der Waals surface area (Å²) in [7, 11) is 1.73. The molecule has 18 heavy (non-hydrogen) atoms. The summed E-state index contributed by atoms with van der Waals surface area (Å²) in [6.45, 7) is 1.50. The first-order valence-corrected chi connectivity index (χ1v) is 6.23. The Labute approximate surface area is 106 Å². The standard InChI is InChI=1S/C12H20N4O2/c1-18-8-12(4-2-3-5-12)7-14-9-6-10(17)16-11(13)15-9/h6H,2-5,7-8H2,1H3,(H4,13,14,15,16,17). The highest BCUT2D eigenvalue weighted by molar-refractivity contribution is 5.37. The molecule has 6 heteroatoms. The maximum absolute atomic E-state index is 11.3. The second kappa shape index (κ2) is 5.39. The summed E-state index contributed by atoms with van der Waals surface area (Å²) in [5.41, 5.74) is 5.43. The van der Waals surface area contributed by atoms with Crippen LogP contribution in [0.5, 0.6) is 0 Å². The Balaban J connectivity index is 2.03. The van der Waals surface area contributed by atoms with Crippen LogP contribution < -0.4 is 16.6 Å². The zero-order chi connectivity index (χ0) is 13.0. The van der Waals surface area contributed by atoms with Gasteiger partial charge in [-0.2, -0.15) is 4.98 Å². The Morgan fingerprint density at radius 3 is 2.89 bits per heavy atom. The zero-order valence-corrected chi connectivity index (χ0v) is 10.7. The van der Waals surface area contributed by atoms with Gasteiger partial charge in [0.05, 0.1) is 6.61 Å². The fourth-order valence-electron chi connectivity index (χ4n) is 2.65. The first-order chi connectivity index (χ1) is 8.63. The smallest absolute Gasteiger partial charge is 0.254 e. The van der Waals surface area contributed by atoms with Gasteiger partial charge in [0.1, 0.15) is 5.82 Å². The summed E-state index contributed by atoms with van der Waals surface area (Å²) in [6.07, 6.45) is 4.75. The fourth-order valence-corrected chi connectivity index (χ4v) is 2.65. The van der Waals surface area contributed by atoms with E-state index in [1.165, 1.54) is 18.9 Å². The van der Waals surface area contributed by atoms with Crippen molar-refractivity contribution in [2.24, 2.45) is 5.41 Å². The Bertz CT molecular complexity index is 452. The van der Waals surface area contributed by atoms with Crippen molar-refractivity contribution in [2.45, 2.75) is 25.7 Å². The van der Waals surface area contributed by atoms with Crippen molar-refractivity contribution in [3.63, 3.8) is 0 Å². The first-order valence-electron chi connectivity index (χ1n) is 6.23. The molecular formula is C12H20N4O2. The van der Waals surface area contributed by atoms with Crippen LogP contribution in [0.2, 0.25) is 0 Å². The molecule has 0 atom stereocenters. The van der Waals surface area contributed by atoms with E-state index in [1.54, 1.807) is 7.11 Å². The van der Waals surface area contributed by atoms with Crippen LogP contribution in [0.15, 0.2) is 10.9 Å². The summed E-state index contributed by atoms with van der Waals surface area (Å²) < 4.78 is 5.31. The second-order valence-electron chi connectivity index (χ2n) is 5.01. The number of rotatable bonds is 5. The summed E-state index contributed by atoms with van der Waals surface area (Å²) >= 11 is 0. The van der Waals surface area contributed by atoms with Crippen molar-refractivity contribution in [1.29, 1.82) is 0 Å². The lowest BCUT2D eigenvalue weighted by Crippen LogP contribution is -2.32. The van der Waals surface area contributed by atoms with Crippen molar-refractivity contribution in [3.05, 3.63) is 16.4 Å². The topological polar surface area (TPSA) is 93.0 Å². The molecule has 0 spiro atoms. The van der Waals surface area contributed by atoms with Gasteiger partial charge in [0.25, 0.3) is 5.56 Å². The molecule has 1 saturated carbocycles. The van der Waals surface area contributed by atoms with Gasteiger partial charge in [-0.3, -0.25) is 9.78 Å². The number of anilines is 2. The van der Waals surface area contributed by atoms with E-state index in [2.05, 4.69) is 15.3 Å². The highest BCUT2D eigenvalue weighted by Gasteiger charge is 2.33. The monoisotopic (exact) mass is 252 g/mol. The largest absolute Gasteiger partial charge is 0.384 e. The maximum atomic E-state index is 11.3. The molecule has 1 fully saturated rings. The number of nitrogens with one attached hydrogen (secondary N) is 2. The Kier molecular flexibility index (Phi) is 3.86. The third kappa shape index (κ3) is 3.01. The van der Waals surface area contributed by atoms with Crippen molar-refractivity contribution in [3.8, 4) is 0 Å². The molecule has 1 aromatic rings. The molecule has 2 rings (SSSR count). The predicted octanol–water partition coefficient (Wildman–Crippen LogP) is 0.971. The summed E-state index contributed by atoms with van der Waals surface area (Å²) in [6, 6.07) is 1.42. The molecule has 1 heterocycles. The van der Waals surface area contributed by atoms with Crippen LogP contribution in [0.25, 0.3) is 0 Å². The Hall–Kier alpha value is -1.56. The lowest BCUT2D eigenvalue weighted by molar-refractivity contribution is 0.0923. The fraction of sp³-hybridized carbons (Fsp3) is 0.667. The number of hydrogen-bond donors (Lipinski definition) is 3. The Morgan fingerprint density at radius 2 is 2.28 bits per heavy atom. The van der Waals surface area contributed by atoms with Gasteiger partial charge in [-0.05, 0) is 12.8 Å². The van der Waals surface area contributed by atoms with Crippen LogP contribution in [0.3, 0.4) is 0 Å². The molecule has 0 amide bonds. The molecule has 6 nitrogen and oxygen atoms in total. The number of nitrogens with zero attached hydrogens (tertiary/aromatic N) is 1. The van der Waals surface area contributed by atoms with Gasteiger partial charge in [-0.15, -0.1) is 0 Å². The van der Waals surface area contributed by atoms with E-state index in [0.29, 0.717) is 5.82 Å². The van der Waals surface area contributed by atoms with Crippen LogP contribution in [0, 0.1) is 5.41 Å². The number of nitrogen functional groups attached to an aromatic ring is 1. The summed E-state index contributed by atoms with van der Waals surface area (Å²) in [5, 5.41) is 3.20. The number of aromatic amines is 1. The van der Waals surface area contributed by atoms with Gasteiger partial charge in [-0.25, -0.2) is 0 Å². The number of methoxy groups -OCH3 is 1. The van der Waals surface area contributed by atoms with Gasteiger partial charge in [0.15, 0.2) is 0 Å². The van der Waals surface area contributed by atoms with E-state index >= 15 is 0 Å². The lowest BCUT2D eigenvalue weighted by Gasteiger charge is -2.28. The van der Waals surface area contributed by atoms with Crippen molar-refractivity contribution in [2.75, 3.05) is 31.3 Å². The molecule has 0 bridgehead atoms. The van der Waals surface area contributed by atoms with Crippen LogP contribution in [0.1, 0.15) is 25.7 Å². The quantitative estimate of drug-likeness (QED) is 0.726. The van der Waals surface area contributed by atoms with Gasteiger partial charge in [0.2, 0.25) is 5.95 Å². The molecule has 100 valence electrons. The number of aromatic nitrogens is 2. The maximum Gasteiger partial charge on any atom is 0.254 e. The number of hydrogen-bond acceptors (Lipinski definition) is 5.